The topological polar surface area (TPSA) is 3.24 Å². The van der Waals surface area contributed by atoms with E-state index in [0.29, 0.717) is 5.41 Å². The van der Waals surface area contributed by atoms with Crippen LogP contribution < -0.4 is 0 Å². The van der Waals surface area contributed by atoms with Crippen molar-refractivity contribution in [3.8, 4) is 0 Å². The number of unbranched alkanes of at least 4 members (excludes halogenated alkanes) is 2. The van der Waals surface area contributed by atoms with E-state index in [0.717, 1.165) is 0 Å². The molecule has 0 bridgehead atoms. The van der Waals surface area contributed by atoms with Crippen LogP contribution >= 0.6 is 15.9 Å². The quantitative estimate of drug-likeness (QED) is 0.539. The van der Waals surface area contributed by atoms with Crippen molar-refractivity contribution in [2.24, 2.45) is 5.41 Å². The zero-order valence-electron chi connectivity index (χ0n) is 9.69. The Morgan fingerprint density at radius 1 is 1.07 bits per heavy atom. The molecule has 0 N–H and O–H groups in total. The van der Waals surface area contributed by atoms with E-state index in [1.54, 1.807) is 0 Å². The van der Waals surface area contributed by atoms with E-state index in [1.807, 2.05) is 0 Å². The summed E-state index contributed by atoms with van der Waals surface area (Å²) in [6, 6.07) is 0. The van der Waals surface area contributed by atoms with Crippen molar-refractivity contribution < 1.29 is 0 Å². The summed E-state index contributed by atoms with van der Waals surface area (Å²) in [7, 11) is 0. The van der Waals surface area contributed by atoms with Gasteiger partial charge in [-0.2, -0.15) is 0 Å². The number of piperidine rings is 1. The van der Waals surface area contributed by atoms with Gasteiger partial charge in [0, 0.05) is 5.33 Å². The minimum Gasteiger partial charge on any atom is -0.303 e. The normalized spacial score (nSPS) is 22.5. The van der Waals surface area contributed by atoms with Gasteiger partial charge in [-0.1, -0.05) is 36.2 Å². The van der Waals surface area contributed by atoms with E-state index < -0.39 is 0 Å². The second kappa shape index (κ2) is 6.12. The third kappa shape index (κ3) is 4.79. The van der Waals surface area contributed by atoms with Crippen molar-refractivity contribution in [3.05, 3.63) is 0 Å². The average Bonchev–Trinajstić information content (AvgIpc) is 2.15. The molecule has 0 spiro atoms. The highest BCUT2D eigenvalue weighted by atomic mass is 79.9. The third-order valence-electron chi connectivity index (χ3n) is 3.32. The fourth-order valence-electron chi connectivity index (χ4n) is 1.99. The number of likely N-dealkylation sites (tertiary alicyclic amines) is 1. The lowest BCUT2D eigenvalue weighted by molar-refractivity contribution is 0.131. The summed E-state index contributed by atoms with van der Waals surface area (Å²) in [5, 5.41) is 1.17. The van der Waals surface area contributed by atoms with Gasteiger partial charge in [-0.3, -0.25) is 0 Å². The molecule has 0 amide bonds. The van der Waals surface area contributed by atoms with Crippen molar-refractivity contribution in [3.63, 3.8) is 0 Å². The molecule has 1 fully saturated rings. The van der Waals surface area contributed by atoms with E-state index in [9.17, 15) is 0 Å². The molecule has 2 heteroatoms. The van der Waals surface area contributed by atoms with Crippen LogP contribution in [-0.2, 0) is 0 Å². The monoisotopic (exact) mass is 261 g/mol. The zero-order chi connectivity index (χ0) is 10.4. The first-order valence-electron chi connectivity index (χ1n) is 5.92. The predicted octanol–water partition coefficient (Wildman–Crippen LogP) is 3.67. The lowest BCUT2D eigenvalue weighted by Gasteiger charge is -2.36. The van der Waals surface area contributed by atoms with Crippen molar-refractivity contribution in [2.45, 2.75) is 46.0 Å². The maximum atomic E-state index is 3.48. The second-order valence-corrected chi connectivity index (χ2v) is 6.05. The summed E-state index contributed by atoms with van der Waals surface area (Å²) in [6.45, 7) is 8.76. The van der Waals surface area contributed by atoms with Crippen LogP contribution in [0, 0.1) is 5.41 Å². The summed E-state index contributed by atoms with van der Waals surface area (Å²) in [4.78, 5) is 2.64. The molecule has 0 atom stereocenters. The lowest BCUT2D eigenvalue weighted by atomic mass is 9.82. The fraction of sp³-hybridized carbons (Fsp3) is 1.00. The molecule has 0 aromatic carbocycles. The molecule has 1 heterocycles. The number of hydrogen-bond acceptors (Lipinski definition) is 1. The number of rotatable bonds is 5. The van der Waals surface area contributed by atoms with Crippen molar-refractivity contribution >= 4 is 15.9 Å². The largest absolute Gasteiger partial charge is 0.303 e. The molecular formula is C12H24BrN. The van der Waals surface area contributed by atoms with Crippen LogP contribution in [0.1, 0.15) is 46.0 Å². The summed E-state index contributed by atoms with van der Waals surface area (Å²) in [5.74, 6) is 0. The predicted molar refractivity (Wildman–Crippen MR) is 67.1 cm³/mol. The summed E-state index contributed by atoms with van der Waals surface area (Å²) in [5.41, 5.74) is 0.604. The van der Waals surface area contributed by atoms with Crippen molar-refractivity contribution in [2.75, 3.05) is 25.0 Å². The molecule has 1 aliphatic heterocycles. The summed E-state index contributed by atoms with van der Waals surface area (Å²) >= 11 is 3.48. The Bertz CT molecular complexity index is 146. The van der Waals surface area contributed by atoms with Gasteiger partial charge < -0.3 is 4.90 Å². The molecule has 0 saturated carbocycles. The third-order valence-corrected chi connectivity index (χ3v) is 3.88. The smallest absolute Gasteiger partial charge is 0.00313 e. The molecule has 1 aliphatic rings. The molecule has 0 radical (unpaired) electrons. The Kier molecular flexibility index (Phi) is 5.47. The van der Waals surface area contributed by atoms with Gasteiger partial charge in [0.2, 0.25) is 0 Å². The maximum absolute atomic E-state index is 3.48. The average molecular weight is 262 g/mol. The standard InChI is InChI=1S/C12H24BrN/c1-12(2)6-10-14(11-7-12)9-5-3-4-8-13/h3-11H2,1-2H3. The highest BCUT2D eigenvalue weighted by Gasteiger charge is 2.24. The van der Waals surface area contributed by atoms with Crippen LogP contribution in [0.25, 0.3) is 0 Å². The Hall–Kier alpha value is 0.440. The SMILES string of the molecule is CC1(C)CCN(CCCCCBr)CC1. The van der Waals surface area contributed by atoms with Gasteiger partial charge in [0.15, 0.2) is 0 Å². The first-order valence-corrected chi connectivity index (χ1v) is 7.04. The highest BCUT2D eigenvalue weighted by molar-refractivity contribution is 9.09. The molecule has 84 valence electrons. The van der Waals surface area contributed by atoms with E-state index >= 15 is 0 Å². The minimum absolute atomic E-state index is 0.604. The van der Waals surface area contributed by atoms with Crippen molar-refractivity contribution in [1.82, 2.24) is 4.90 Å². The van der Waals surface area contributed by atoms with Crippen LogP contribution in [0.5, 0.6) is 0 Å². The first-order chi connectivity index (χ1) is 6.64. The second-order valence-electron chi connectivity index (χ2n) is 5.26. The molecule has 1 nitrogen and oxygen atoms in total. The Labute approximate surface area is 97.4 Å². The van der Waals surface area contributed by atoms with E-state index in [1.165, 1.54) is 57.1 Å². The number of hydrogen-bond donors (Lipinski definition) is 0. The molecule has 14 heavy (non-hydrogen) atoms. The van der Waals surface area contributed by atoms with Gasteiger partial charge in [0.05, 0.1) is 0 Å². The van der Waals surface area contributed by atoms with Gasteiger partial charge in [0.25, 0.3) is 0 Å². The molecule has 0 aromatic rings. The number of halogens is 1. The van der Waals surface area contributed by atoms with Gasteiger partial charge >= 0.3 is 0 Å². The van der Waals surface area contributed by atoms with Crippen LogP contribution in [0.3, 0.4) is 0 Å². The van der Waals surface area contributed by atoms with Crippen LogP contribution in [0.2, 0.25) is 0 Å². The molecule has 0 aromatic heterocycles. The van der Waals surface area contributed by atoms with Gasteiger partial charge in [-0.05, 0) is 50.7 Å². The lowest BCUT2D eigenvalue weighted by Crippen LogP contribution is -2.37. The van der Waals surface area contributed by atoms with Gasteiger partial charge in [-0.25, -0.2) is 0 Å². The Morgan fingerprint density at radius 3 is 2.29 bits per heavy atom. The Balaban J connectivity index is 2.04. The van der Waals surface area contributed by atoms with Crippen LogP contribution in [0.4, 0.5) is 0 Å². The van der Waals surface area contributed by atoms with E-state index in [2.05, 4.69) is 34.7 Å². The Morgan fingerprint density at radius 2 is 1.71 bits per heavy atom. The summed E-state index contributed by atoms with van der Waals surface area (Å²) in [6.07, 6.45) is 6.85. The highest BCUT2D eigenvalue weighted by Crippen LogP contribution is 2.29. The van der Waals surface area contributed by atoms with Crippen LogP contribution in [-0.4, -0.2) is 29.9 Å². The molecular weight excluding hydrogens is 238 g/mol. The fourth-order valence-corrected chi connectivity index (χ4v) is 2.39. The summed E-state index contributed by atoms with van der Waals surface area (Å²) < 4.78 is 0. The van der Waals surface area contributed by atoms with Crippen molar-refractivity contribution in [1.29, 1.82) is 0 Å². The van der Waals surface area contributed by atoms with Gasteiger partial charge in [-0.15, -0.1) is 0 Å². The molecule has 1 rings (SSSR count). The molecule has 1 saturated heterocycles. The maximum Gasteiger partial charge on any atom is 0.00313 e. The minimum atomic E-state index is 0.604. The number of nitrogens with zero attached hydrogens (tertiary/aromatic N) is 1. The molecule has 0 unspecified atom stereocenters. The van der Waals surface area contributed by atoms with E-state index in [-0.39, 0.29) is 0 Å². The van der Waals surface area contributed by atoms with E-state index in [4.69, 9.17) is 0 Å². The zero-order valence-corrected chi connectivity index (χ0v) is 11.3. The first kappa shape index (κ1) is 12.5. The van der Waals surface area contributed by atoms with Crippen LogP contribution in [0.15, 0.2) is 0 Å². The molecule has 0 aliphatic carbocycles. The van der Waals surface area contributed by atoms with Gasteiger partial charge in [0.1, 0.15) is 0 Å². The number of alkyl halides is 1.